The van der Waals surface area contributed by atoms with Gasteiger partial charge in [0.25, 0.3) is 0 Å². The van der Waals surface area contributed by atoms with Crippen molar-refractivity contribution in [3.8, 4) is 0 Å². The largest absolute Gasteiger partial charge is 0.550 e. The fourth-order valence-electron chi connectivity index (χ4n) is 6.90. The first kappa shape index (κ1) is 28.0. The summed E-state index contributed by atoms with van der Waals surface area (Å²) in [6.07, 6.45) is 5.84. The van der Waals surface area contributed by atoms with Gasteiger partial charge in [-0.15, -0.1) is 0 Å². The summed E-state index contributed by atoms with van der Waals surface area (Å²) < 4.78 is 6.79. The van der Waals surface area contributed by atoms with Gasteiger partial charge in [-0.05, 0) is 30.2 Å². The second-order valence-electron chi connectivity index (χ2n) is 10.7. The summed E-state index contributed by atoms with van der Waals surface area (Å²) in [7, 11) is 0. The van der Waals surface area contributed by atoms with E-state index in [0.29, 0.717) is 6.61 Å². The molecule has 6 rings (SSSR count). The molecule has 0 radical (unpaired) electrons. The molecule has 2 unspecified atom stereocenters. The van der Waals surface area contributed by atoms with E-state index >= 15 is 0 Å². The van der Waals surface area contributed by atoms with Crippen LogP contribution >= 0.6 is 13.2 Å². The Morgan fingerprint density at radius 1 is 0.725 bits per heavy atom. The molecule has 0 fully saturated rings. The fraction of sp³-hybridized carbons (Fsp3) is 0.200. The third kappa shape index (κ3) is 4.46. The quantitative estimate of drug-likeness (QED) is 0.155. The predicted octanol–water partition coefficient (Wildman–Crippen LogP) is 10.3. The number of hydrogen-bond acceptors (Lipinski definition) is 3. The van der Waals surface area contributed by atoms with Crippen molar-refractivity contribution < 1.29 is 4.52 Å². The molecular formula is C35H34OP2S2. The SMILES string of the molecule is CCO[P+]1([S-])C(c2ccccc2)=C[C@H]([C@]2(c3ccccc3)CC=C(c3ccccc3)[P+]2(C)[S-])[C@H]1c1ccccc1. The zero-order chi connectivity index (χ0) is 27.8. The van der Waals surface area contributed by atoms with Crippen LogP contribution in [0.3, 0.4) is 0 Å². The van der Waals surface area contributed by atoms with Crippen LogP contribution in [0, 0.1) is 5.92 Å². The fourth-order valence-corrected chi connectivity index (χ4v) is 16.6. The minimum Gasteiger partial charge on any atom is -0.550 e. The van der Waals surface area contributed by atoms with Crippen LogP contribution in [0.4, 0.5) is 0 Å². The summed E-state index contributed by atoms with van der Waals surface area (Å²) in [4.78, 5) is 0. The van der Waals surface area contributed by atoms with Gasteiger partial charge in [0.15, 0.2) is 0 Å². The van der Waals surface area contributed by atoms with Crippen LogP contribution in [0.25, 0.3) is 10.6 Å². The lowest BCUT2D eigenvalue weighted by Gasteiger charge is -2.50. The second-order valence-corrected chi connectivity index (χ2v) is 20.1. The zero-order valence-electron chi connectivity index (χ0n) is 22.9. The number of benzene rings is 4. The predicted molar refractivity (Wildman–Crippen MR) is 180 cm³/mol. The molecule has 2 heterocycles. The van der Waals surface area contributed by atoms with Crippen LogP contribution in [0.1, 0.15) is 41.3 Å². The zero-order valence-corrected chi connectivity index (χ0v) is 26.3. The molecule has 0 aromatic heterocycles. The van der Waals surface area contributed by atoms with Crippen LogP contribution < -0.4 is 0 Å². The van der Waals surface area contributed by atoms with Crippen molar-refractivity contribution in [2.45, 2.75) is 24.2 Å². The van der Waals surface area contributed by atoms with E-state index in [0.717, 1.165) is 6.42 Å². The molecule has 0 saturated heterocycles. The minimum absolute atomic E-state index is 0.0323. The van der Waals surface area contributed by atoms with E-state index in [1.54, 1.807) is 0 Å². The van der Waals surface area contributed by atoms with Gasteiger partial charge in [-0.25, -0.2) is 0 Å². The van der Waals surface area contributed by atoms with Gasteiger partial charge in [0, 0.05) is 24.2 Å². The van der Waals surface area contributed by atoms with Gasteiger partial charge in [0.1, 0.15) is 16.1 Å². The molecule has 5 atom stereocenters. The standard InChI is InChI=1S/C35H34OP2S2/c1-3-36-38(40)33(28-18-10-5-11-19-28)26-31(34(38)29-20-12-6-13-21-29)35(30-22-14-7-15-23-30)25-24-32(37(35,2)39)27-16-8-4-9-17-27/h4-24,26,31,34H,3,25H2,1-2H3/t31-,34+,35+,37?,38?/m0/s1. The van der Waals surface area contributed by atoms with Crippen molar-refractivity contribution in [2.75, 3.05) is 13.3 Å². The van der Waals surface area contributed by atoms with E-state index in [9.17, 15) is 0 Å². The van der Waals surface area contributed by atoms with Gasteiger partial charge >= 0.3 is 0 Å². The normalized spacial score (nSPS) is 29.7. The van der Waals surface area contributed by atoms with Crippen molar-refractivity contribution in [3.63, 3.8) is 0 Å². The third-order valence-corrected chi connectivity index (χ3v) is 18.5. The lowest BCUT2D eigenvalue weighted by atomic mass is 9.78. The Balaban J connectivity index is 1.63. The molecule has 202 valence electrons. The maximum atomic E-state index is 6.91. The van der Waals surface area contributed by atoms with Gasteiger partial charge in [-0.3, -0.25) is 4.52 Å². The van der Waals surface area contributed by atoms with E-state index in [1.807, 2.05) is 0 Å². The van der Waals surface area contributed by atoms with Crippen molar-refractivity contribution in [1.29, 1.82) is 0 Å². The summed E-state index contributed by atoms with van der Waals surface area (Å²) in [5, 5.41) is 2.25. The molecule has 0 spiro atoms. The summed E-state index contributed by atoms with van der Waals surface area (Å²) in [5.41, 5.74) is 5.02. The van der Waals surface area contributed by atoms with E-state index in [2.05, 4.69) is 147 Å². The molecule has 2 aliphatic heterocycles. The van der Waals surface area contributed by atoms with Gasteiger partial charge in [0.05, 0.1) is 24.5 Å². The molecule has 5 heteroatoms. The highest BCUT2D eigenvalue weighted by Crippen LogP contribution is 2.91. The molecule has 1 nitrogen and oxygen atoms in total. The summed E-state index contributed by atoms with van der Waals surface area (Å²) in [6, 6.07) is 43.3. The Bertz CT molecular complexity index is 1520. The van der Waals surface area contributed by atoms with Crippen LogP contribution in [-0.4, -0.2) is 13.3 Å². The Hall–Kier alpha value is -2.12. The highest BCUT2D eigenvalue weighted by atomic mass is 32.7. The molecule has 40 heavy (non-hydrogen) atoms. The number of hydrogen-bond donors (Lipinski definition) is 0. The van der Waals surface area contributed by atoms with Gasteiger partial charge in [-0.2, -0.15) is 0 Å². The van der Waals surface area contributed by atoms with Crippen molar-refractivity contribution >= 4 is 48.3 Å². The van der Waals surface area contributed by atoms with E-state index in [1.165, 1.54) is 32.9 Å². The van der Waals surface area contributed by atoms with Crippen LogP contribution in [-0.2, 0) is 34.2 Å². The first-order valence-electron chi connectivity index (χ1n) is 13.9. The maximum Gasteiger partial charge on any atom is 0.117 e. The molecule has 0 N–H and O–H groups in total. The monoisotopic (exact) mass is 596 g/mol. The first-order chi connectivity index (χ1) is 19.4. The highest BCUT2D eigenvalue weighted by molar-refractivity contribution is 8.46. The summed E-state index contributed by atoms with van der Waals surface area (Å²) in [6.45, 7) is 0.357. The Kier molecular flexibility index (Phi) is 7.90. The number of rotatable bonds is 7. The minimum atomic E-state index is -2.51. The topological polar surface area (TPSA) is 9.23 Å². The van der Waals surface area contributed by atoms with Crippen molar-refractivity contribution in [2.24, 2.45) is 5.92 Å². The summed E-state index contributed by atoms with van der Waals surface area (Å²) in [5.74, 6) is 0.0955. The van der Waals surface area contributed by atoms with Crippen LogP contribution in [0.2, 0.25) is 0 Å². The lowest BCUT2D eigenvalue weighted by molar-refractivity contribution is 0.361. The van der Waals surface area contributed by atoms with Gasteiger partial charge < -0.3 is 24.5 Å². The molecular weight excluding hydrogens is 562 g/mol. The molecule has 0 saturated carbocycles. The molecule has 0 aliphatic carbocycles. The average molecular weight is 597 g/mol. The van der Waals surface area contributed by atoms with Crippen molar-refractivity contribution in [1.82, 2.24) is 0 Å². The van der Waals surface area contributed by atoms with E-state index in [-0.39, 0.29) is 16.7 Å². The Labute approximate surface area is 250 Å². The van der Waals surface area contributed by atoms with Crippen LogP contribution in [0.5, 0.6) is 0 Å². The maximum absolute atomic E-state index is 6.91. The van der Waals surface area contributed by atoms with Crippen LogP contribution in [0.15, 0.2) is 133 Å². The van der Waals surface area contributed by atoms with E-state index < -0.39 is 13.2 Å². The Morgan fingerprint density at radius 3 is 1.77 bits per heavy atom. The number of allylic oxidation sites excluding steroid dienone is 2. The smallest absolute Gasteiger partial charge is 0.117 e. The highest BCUT2D eigenvalue weighted by Gasteiger charge is 2.66. The first-order valence-corrected chi connectivity index (χ1v) is 19.9. The average Bonchev–Trinajstić information content (AvgIpc) is 3.45. The molecule has 4 aromatic rings. The molecule has 2 aliphatic rings. The van der Waals surface area contributed by atoms with Gasteiger partial charge in [0.2, 0.25) is 0 Å². The van der Waals surface area contributed by atoms with Gasteiger partial charge in [-0.1, -0.05) is 128 Å². The van der Waals surface area contributed by atoms with E-state index in [4.69, 9.17) is 29.0 Å². The molecule has 4 aromatic carbocycles. The molecule has 0 bridgehead atoms. The molecule has 0 amide bonds. The summed E-state index contributed by atoms with van der Waals surface area (Å²) >= 11 is 13.7. The van der Waals surface area contributed by atoms with Crippen molar-refractivity contribution in [3.05, 3.63) is 156 Å². The lowest BCUT2D eigenvalue weighted by Crippen LogP contribution is -2.36. The third-order valence-electron chi connectivity index (χ3n) is 8.63. The second kappa shape index (κ2) is 11.3. The Morgan fingerprint density at radius 2 is 1.23 bits per heavy atom.